The molecular formula is C20H18F3N5OS. The summed E-state index contributed by atoms with van der Waals surface area (Å²) in [6, 6.07) is 11.9. The number of halogens is 3. The van der Waals surface area contributed by atoms with E-state index in [9.17, 15) is 18.0 Å². The van der Waals surface area contributed by atoms with Gasteiger partial charge in [-0.1, -0.05) is 6.07 Å². The van der Waals surface area contributed by atoms with Gasteiger partial charge in [0.15, 0.2) is 5.82 Å². The van der Waals surface area contributed by atoms with Crippen LogP contribution in [0.3, 0.4) is 0 Å². The third kappa shape index (κ3) is 4.54. The van der Waals surface area contributed by atoms with Gasteiger partial charge in [-0.15, -0.1) is 21.5 Å². The van der Waals surface area contributed by atoms with Crippen LogP contribution in [0.4, 0.5) is 29.5 Å². The molecule has 0 unspecified atom stereocenters. The Kier molecular flexibility index (Phi) is 5.58. The fourth-order valence-corrected chi connectivity index (χ4v) is 3.82. The van der Waals surface area contributed by atoms with E-state index < -0.39 is 11.7 Å². The Hall–Kier alpha value is -3.14. The van der Waals surface area contributed by atoms with Crippen LogP contribution in [0.25, 0.3) is 10.6 Å². The van der Waals surface area contributed by atoms with Crippen LogP contribution >= 0.6 is 11.3 Å². The number of urea groups is 1. The summed E-state index contributed by atoms with van der Waals surface area (Å²) in [5, 5.41) is 13.2. The molecule has 0 saturated carbocycles. The minimum Gasteiger partial charge on any atom is -0.352 e. The number of nitrogens with one attached hydrogen (secondary N) is 1. The molecule has 1 aliphatic heterocycles. The van der Waals surface area contributed by atoms with Gasteiger partial charge in [0, 0.05) is 31.9 Å². The highest BCUT2D eigenvalue weighted by atomic mass is 32.1. The van der Waals surface area contributed by atoms with Gasteiger partial charge in [-0.25, -0.2) is 4.79 Å². The summed E-state index contributed by atoms with van der Waals surface area (Å²) in [6.07, 6.45) is -4.40. The van der Waals surface area contributed by atoms with Gasteiger partial charge in [0.2, 0.25) is 0 Å². The van der Waals surface area contributed by atoms with Crippen LogP contribution in [0, 0.1) is 0 Å². The molecule has 1 aliphatic rings. The van der Waals surface area contributed by atoms with Crippen LogP contribution in [0.15, 0.2) is 53.9 Å². The molecule has 6 nitrogen and oxygen atoms in total. The predicted molar refractivity (Wildman–Crippen MR) is 110 cm³/mol. The summed E-state index contributed by atoms with van der Waals surface area (Å²) in [4.78, 5) is 17.1. The maximum Gasteiger partial charge on any atom is 0.416 e. The molecule has 10 heteroatoms. The second-order valence-electron chi connectivity index (χ2n) is 6.73. The third-order valence-corrected chi connectivity index (χ3v) is 5.67. The lowest BCUT2D eigenvalue weighted by molar-refractivity contribution is -0.137. The Balaban J connectivity index is 1.31. The van der Waals surface area contributed by atoms with Gasteiger partial charge in [0.25, 0.3) is 0 Å². The van der Waals surface area contributed by atoms with E-state index in [1.54, 1.807) is 16.2 Å². The number of anilines is 2. The Bertz CT molecular complexity index is 983. The fourth-order valence-electron chi connectivity index (χ4n) is 3.13. The van der Waals surface area contributed by atoms with Crippen LogP contribution < -0.4 is 10.2 Å². The molecule has 156 valence electrons. The number of aromatic nitrogens is 2. The highest BCUT2D eigenvalue weighted by Crippen LogP contribution is 2.30. The predicted octanol–water partition coefficient (Wildman–Crippen LogP) is 4.58. The van der Waals surface area contributed by atoms with E-state index in [0.717, 1.165) is 28.5 Å². The van der Waals surface area contributed by atoms with Crippen LogP contribution in [-0.4, -0.2) is 47.3 Å². The first-order chi connectivity index (χ1) is 14.4. The average molecular weight is 433 g/mol. The molecule has 0 bridgehead atoms. The number of benzene rings is 1. The number of hydrogen-bond acceptors (Lipinski definition) is 5. The summed E-state index contributed by atoms with van der Waals surface area (Å²) in [7, 11) is 0. The van der Waals surface area contributed by atoms with Gasteiger partial charge in [-0.3, -0.25) is 0 Å². The lowest BCUT2D eigenvalue weighted by Crippen LogP contribution is -2.50. The number of carbonyl (C=O) groups excluding carboxylic acids is 1. The number of piperazine rings is 1. The Labute approximate surface area is 175 Å². The van der Waals surface area contributed by atoms with Crippen molar-refractivity contribution in [1.29, 1.82) is 0 Å². The summed E-state index contributed by atoms with van der Waals surface area (Å²) in [5.41, 5.74) is 0.397. The van der Waals surface area contributed by atoms with E-state index in [1.165, 1.54) is 12.1 Å². The number of nitrogens with zero attached hydrogens (tertiary/aromatic N) is 4. The van der Waals surface area contributed by atoms with Gasteiger partial charge >= 0.3 is 12.2 Å². The molecule has 3 aromatic rings. The lowest BCUT2D eigenvalue weighted by atomic mass is 10.2. The molecule has 1 aromatic carbocycles. The number of thiophene rings is 1. The molecule has 1 fully saturated rings. The molecule has 2 aromatic heterocycles. The van der Waals surface area contributed by atoms with Crippen LogP contribution in [0.1, 0.15) is 5.56 Å². The van der Waals surface area contributed by atoms with E-state index in [-0.39, 0.29) is 6.03 Å². The third-order valence-electron chi connectivity index (χ3n) is 4.78. The van der Waals surface area contributed by atoms with E-state index in [4.69, 9.17) is 0 Å². The smallest absolute Gasteiger partial charge is 0.352 e. The second-order valence-corrected chi connectivity index (χ2v) is 7.68. The lowest BCUT2D eigenvalue weighted by Gasteiger charge is -2.35. The van der Waals surface area contributed by atoms with E-state index in [1.807, 2.05) is 34.5 Å². The summed E-state index contributed by atoms with van der Waals surface area (Å²) in [5.74, 6) is 0.748. The molecule has 0 spiro atoms. The van der Waals surface area contributed by atoms with Crippen molar-refractivity contribution in [2.45, 2.75) is 6.18 Å². The minimum atomic E-state index is -4.40. The number of amides is 2. The van der Waals surface area contributed by atoms with Crippen molar-refractivity contribution in [3.05, 3.63) is 59.5 Å². The molecule has 4 rings (SSSR count). The van der Waals surface area contributed by atoms with Gasteiger partial charge in [0.05, 0.1) is 10.4 Å². The van der Waals surface area contributed by atoms with Crippen LogP contribution in [0.2, 0.25) is 0 Å². The van der Waals surface area contributed by atoms with E-state index >= 15 is 0 Å². The highest BCUT2D eigenvalue weighted by molar-refractivity contribution is 7.13. The maximum atomic E-state index is 12.6. The van der Waals surface area contributed by atoms with Crippen molar-refractivity contribution in [2.24, 2.45) is 0 Å². The Morgan fingerprint density at radius 2 is 1.70 bits per heavy atom. The zero-order chi connectivity index (χ0) is 21.1. The maximum absolute atomic E-state index is 12.6. The first-order valence-electron chi connectivity index (χ1n) is 9.26. The molecular weight excluding hydrogens is 415 g/mol. The average Bonchev–Trinajstić information content (AvgIpc) is 3.29. The molecule has 0 radical (unpaired) electrons. The number of carbonyl (C=O) groups is 1. The van der Waals surface area contributed by atoms with Gasteiger partial charge < -0.3 is 15.1 Å². The van der Waals surface area contributed by atoms with Crippen LogP contribution in [-0.2, 0) is 6.18 Å². The SMILES string of the molecule is O=C(Nc1ccc(C(F)(F)F)cc1)N1CCN(c2ccc(-c3cccs3)nn2)CC1. The number of alkyl halides is 3. The first kappa shape index (κ1) is 20.1. The molecule has 1 N–H and O–H groups in total. The zero-order valence-corrected chi connectivity index (χ0v) is 16.6. The molecule has 2 amide bonds. The molecule has 30 heavy (non-hydrogen) atoms. The summed E-state index contributed by atoms with van der Waals surface area (Å²) < 4.78 is 37.9. The minimum absolute atomic E-state index is 0.325. The Morgan fingerprint density at radius 3 is 2.27 bits per heavy atom. The number of rotatable bonds is 3. The van der Waals surface area contributed by atoms with Crippen molar-refractivity contribution in [3.63, 3.8) is 0 Å². The van der Waals surface area contributed by atoms with Crippen molar-refractivity contribution in [2.75, 3.05) is 36.4 Å². The highest BCUT2D eigenvalue weighted by Gasteiger charge is 2.30. The monoisotopic (exact) mass is 433 g/mol. The summed E-state index contributed by atoms with van der Waals surface area (Å²) >= 11 is 1.60. The summed E-state index contributed by atoms with van der Waals surface area (Å²) in [6.45, 7) is 2.13. The Morgan fingerprint density at radius 1 is 0.967 bits per heavy atom. The van der Waals surface area contributed by atoms with Gasteiger partial charge in [0.1, 0.15) is 5.69 Å². The van der Waals surface area contributed by atoms with Gasteiger partial charge in [-0.05, 0) is 47.8 Å². The quantitative estimate of drug-likeness (QED) is 0.657. The van der Waals surface area contributed by atoms with Crippen molar-refractivity contribution >= 4 is 28.9 Å². The normalized spacial score (nSPS) is 14.6. The first-order valence-corrected chi connectivity index (χ1v) is 10.1. The standard InChI is InChI=1S/C20H18F3N5OS/c21-20(22,23)14-3-5-15(6-4-14)24-19(29)28-11-9-27(10-12-28)18-8-7-16(25-26-18)17-2-1-13-30-17/h1-8,13H,9-12H2,(H,24,29). The molecule has 3 heterocycles. The van der Waals surface area contributed by atoms with Crippen LogP contribution in [0.5, 0.6) is 0 Å². The zero-order valence-electron chi connectivity index (χ0n) is 15.8. The number of hydrogen-bond donors (Lipinski definition) is 1. The topological polar surface area (TPSA) is 61.4 Å². The second kappa shape index (κ2) is 8.31. The van der Waals surface area contributed by atoms with Gasteiger partial charge in [-0.2, -0.15) is 13.2 Å². The largest absolute Gasteiger partial charge is 0.416 e. The van der Waals surface area contributed by atoms with Crippen molar-refractivity contribution < 1.29 is 18.0 Å². The molecule has 1 saturated heterocycles. The molecule has 0 aliphatic carbocycles. The fraction of sp³-hybridized carbons (Fsp3) is 0.250. The van der Waals surface area contributed by atoms with Crippen molar-refractivity contribution in [1.82, 2.24) is 15.1 Å². The van der Waals surface area contributed by atoms with E-state index in [2.05, 4.69) is 15.5 Å². The molecule has 0 atom stereocenters. The van der Waals surface area contributed by atoms with E-state index in [0.29, 0.717) is 31.9 Å². The van der Waals surface area contributed by atoms with Crippen molar-refractivity contribution in [3.8, 4) is 10.6 Å².